The third-order valence-electron chi connectivity index (χ3n) is 4.74. The maximum absolute atomic E-state index is 13.0. The lowest BCUT2D eigenvalue weighted by Crippen LogP contribution is -2.44. The number of nitrogens with one attached hydrogen (secondary N) is 1. The van der Waals surface area contributed by atoms with Gasteiger partial charge < -0.3 is 10.2 Å². The normalized spacial score (nSPS) is 17.5. The van der Waals surface area contributed by atoms with Crippen LogP contribution in [0.1, 0.15) is 0 Å². The molecule has 0 bridgehead atoms. The van der Waals surface area contributed by atoms with E-state index < -0.39 is 15.9 Å². The number of benzene rings is 3. The first kappa shape index (κ1) is 18.3. The van der Waals surface area contributed by atoms with Gasteiger partial charge in [0.15, 0.2) is 9.84 Å². The molecular formula is C22H20N2O3S. The predicted molar refractivity (Wildman–Crippen MR) is 113 cm³/mol. The number of nitrogens with zero attached hydrogens (tertiary/aromatic N) is 1. The van der Waals surface area contributed by atoms with Crippen LogP contribution in [-0.2, 0) is 14.6 Å². The number of hydrogen-bond donors (Lipinski definition) is 1. The van der Waals surface area contributed by atoms with Crippen molar-refractivity contribution < 1.29 is 13.2 Å². The minimum Gasteiger partial charge on any atom is -0.376 e. The molecule has 142 valence electrons. The summed E-state index contributed by atoms with van der Waals surface area (Å²) in [5.41, 5.74) is 1.52. The monoisotopic (exact) mass is 392 g/mol. The molecule has 1 amide bonds. The summed E-state index contributed by atoms with van der Waals surface area (Å²) in [7, 11) is -3.27. The van der Waals surface area contributed by atoms with Crippen LogP contribution in [0.15, 0.2) is 84.3 Å². The zero-order valence-corrected chi connectivity index (χ0v) is 16.0. The van der Waals surface area contributed by atoms with Crippen molar-refractivity contribution in [3.63, 3.8) is 0 Å². The highest BCUT2D eigenvalue weighted by Gasteiger charge is 2.31. The van der Waals surface area contributed by atoms with Gasteiger partial charge >= 0.3 is 0 Å². The van der Waals surface area contributed by atoms with Crippen LogP contribution in [0.25, 0.3) is 10.8 Å². The summed E-state index contributed by atoms with van der Waals surface area (Å²) < 4.78 is 23.7. The lowest BCUT2D eigenvalue weighted by molar-refractivity contribution is -0.117. The summed E-state index contributed by atoms with van der Waals surface area (Å²) in [5.74, 6) is -0.282. The number of hydrogen-bond acceptors (Lipinski definition) is 4. The zero-order chi connectivity index (χ0) is 19.6. The van der Waals surface area contributed by atoms with Gasteiger partial charge in [0.25, 0.3) is 0 Å². The Bertz CT molecular complexity index is 1140. The Morgan fingerprint density at radius 2 is 1.68 bits per heavy atom. The largest absolute Gasteiger partial charge is 0.376 e. The van der Waals surface area contributed by atoms with Crippen LogP contribution in [-0.4, -0.2) is 32.7 Å². The smallest absolute Gasteiger partial charge is 0.246 e. The van der Waals surface area contributed by atoms with E-state index in [2.05, 4.69) is 5.32 Å². The second-order valence-electron chi connectivity index (χ2n) is 6.74. The van der Waals surface area contributed by atoms with Crippen molar-refractivity contribution in [3.05, 3.63) is 84.3 Å². The standard InChI is InChI=1S/C22H20N2O3S/c25-22(15-23-19-11-10-17-6-4-5-7-18(17)14-19)24(20-8-2-1-3-9-20)21-12-13-28(26,27)16-21/h1-14,21,23H,15-16H2/t21-/m1/s1. The first-order chi connectivity index (χ1) is 13.5. The highest BCUT2D eigenvalue weighted by atomic mass is 32.2. The molecule has 28 heavy (non-hydrogen) atoms. The van der Waals surface area contributed by atoms with Gasteiger partial charge in [-0.05, 0) is 41.1 Å². The fourth-order valence-corrected chi connectivity index (χ4v) is 4.66. The average molecular weight is 392 g/mol. The minimum absolute atomic E-state index is 0.0671. The van der Waals surface area contributed by atoms with E-state index in [9.17, 15) is 13.2 Å². The van der Waals surface area contributed by atoms with Gasteiger partial charge in [0.2, 0.25) is 5.91 Å². The van der Waals surface area contributed by atoms with Crippen LogP contribution in [0.2, 0.25) is 0 Å². The average Bonchev–Trinajstić information content (AvgIpc) is 3.06. The molecule has 0 unspecified atom stereocenters. The Hall–Kier alpha value is -3.12. The van der Waals surface area contributed by atoms with E-state index in [1.165, 1.54) is 5.41 Å². The van der Waals surface area contributed by atoms with Crippen molar-refractivity contribution in [2.45, 2.75) is 6.04 Å². The number of amides is 1. The van der Waals surface area contributed by atoms with Gasteiger partial charge in [0.05, 0.1) is 18.3 Å². The molecule has 4 rings (SSSR count). The van der Waals surface area contributed by atoms with E-state index in [4.69, 9.17) is 0 Å². The van der Waals surface area contributed by atoms with Crippen LogP contribution in [0.4, 0.5) is 11.4 Å². The molecule has 5 nitrogen and oxygen atoms in total. The molecule has 0 saturated heterocycles. The van der Waals surface area contributed by atoms with Crippen molar-refractivity contribution in [1.82, 2.24) is 0 Å². The topological polar surface area (TPSA) is 66.5 Å². The fraction of sp³-hybridized carbons (Fsp3) is 0.136. The maximum atomic E-state index is 13.0. The van der Waals surface area contributed by atoms with Crippen molar-refractivity contribution in [2.24, 2.45) is 0 Å². The summed E-state index contributed by atoms with van der Waals surface area (Å²) in [4.78, 5) is 14.6. The first-order valence-electron chi connectivity index (χ1n) is 9.03. The molecule has 0 saturated carbocycles. The number of carbonyl (C=O) groups excluding carboxylic acids is 1. The molecule has 0 aliphatic carbocycles. The van der Waals surface area contributed by atoms with Crippen molar-refractivity contribution in [3.8, 4) is 0 Å². The van der Waals surface area contributed by atoms with Crippen LogP contribution >= 0.6 is 0 Å². The Morgan fingerprint density at radius 3 is 2.39 bits per heavy atom. The molecule has 0 fully saturated rings. The highest BCUT2D eigenvalue weighted by molar-refractivity contribution is 7.94. The molecule has 6 heteroatoms. The van der Waals surface area contributed by atoms with Gasteiger partial charge in [-0.1, -0.05) is 48.5 Å². The van der Waals surface area contributed by atoms with E-state index >= 15 is 0 Å². The van der Waals surface area contributed by atoms with E-state index in [0.29, 0.717) is 5.69 Å². The quantitative estimate of drug-likeness (QED) is 0.721. The third kappa shape index (κ3) is 3.92. The summed E-state index contributed by atoms with van der Waals surface area (Å²) in [5, 5.41) is 6.58. The maximum Gasteiger partial charge on any atom is 0.246 e. The first-order valence-corrected chi connectivity index (χ1v) is 10.7. The van der Waals surface area contributed by atoms with Crippen LogP contribution < -0.4 is 10.2 Å². The van der Waals surface area contributed by atoms with E-state index in [-0.39, 0.29) is 18.2 Å². The summed E-state index contributed by atoms with van der Waals surface area (Å²) in [6.07, 6.45) is 1.58. The molecule has 0 aromatic heterocycles. The van der Waals surface area contributed by atoms with E-state index in [1.807, 2.05) is 72.8 Å². The Morgan fingerprint density at radius 1 is 0.964 bits per heavy atom. The Balaban J connectivity index is 1.54. The SMILES string of the molecule is O=C(CNc1ccc2ccccc2c1)N(c1ccccc1)[C@@H]1C=CS(=O)(=O)C1. The number of fused-ring (bicyclic) bond motifs is 1. The predicted octanol–water partition coefficient (Wildman–Crippen LogP) is 3.60. The molecule has 1 N–H and O–H groups in total. The second-order valence-corrected chi connectivity index (χ2v) is 8.67. The molecular weight excluding hydrogens is 372 g/mol. The minimum atomic E-state index is -3.27. The number of carbonyl (C=O) groups is 1. The fourth-order valence-electron chi connectivity index (χ4n) is 3.39. The van der Waals surface area contributed by atoms with Crippen LogP contribution in [0.3, 0.4) is 0 Å². The Kier molecular flexibility index (Phi) is 4.88. The number of para-hydroxylation sites is 1. The number of anilines is 2. The second kappa shape index (κ2) is 7.48. The zero-order valence-electron chi connectivity index (χ0n) is 15.2. The molecule has 1 heterocycles. The number of rotatable bonds is 5. The van der Waals surface area contributed by atoms with Crippen molar-refractivity contribution >= 4 is 37.9 Å². The molecule has 3 aromatic carbocycles. The van der Waals surface area contributed by atoms with Gasteiger partial charge in [-0.2, -0.15) is 0 Å². The molecule has 1 aliphatic rings. The number of sulfone groups is 1. The lowest BCUT2D eigenvalue weighted by atomic mass is 10.1. The van der Waals surface area contributed by atoms with Gasteiger partial charge in [0, 0.05) is 16.8 Å². The summed E-state index contributed by atoms with van der Waals surface area (Å²) in [6.45, 7) is 0.0671. The molecule has 3 aromatic rings. The van der Waals surface area contributed by atoms with Gasteiger partial charge in [-0.3, -0.25) is 4.79 Å². The molecule has 1 atom stereocenters. The van der Waals surface area contributed by atoms with E-state index in [1.54, 1.807) is 11.0 Å². The lowest BCUT2D eigenvalue weighted by Gasteiger charge is -2.28. The molecule has 1 aliphatic heterocycles. The third-order valence-corrected chi connectivity index (χ3v) is 6.12. The highest BCUT2D eigenvalue weighted by Crippen LogP contribution is 2.23. The van der Waals surface area contributed by atoms with Crippen molar-refractivity contribution in [1.29, 1.82) is 0 Å². The van der Waals surface area contributed by atoms with Crippen LogP contribution in [0.5, 0.6) is 0 Å². The van der Waals surface area contributed by atoms with Gasteiger partial charge in [-0.15, -0.1) is 0 Å². The molecule has 0 spiro atoms. The van der Waals surface area contributed by atoms with Gasteiger partial charge in [0.1, 0.15) is 0 Å². The Labute approximate surface area is 164 Å². The molecule has 0 radical (unpaired) electrons. The summed E-state index contributed by atoms with van der Waals surface area (Å²) >= 11 is 0. The van der Waals surface area contributed by atoms with Crippen molar-refractivity contribution in [2.75, 3.05) is 22.5 Å². The van der Waals surface area contributed by atoms with Crippen LogP contribution in [0, 0.1) is 0 Å². The van der Waals surface area contributed by atoms with Gasteiger partial charge in [-0.25, -0.2) is 8.42 Å². The summed E-state index contributed by atoms with van der Waals surface area (Å²) in [6, 6.07) is 22.6. The van der Waals surface area contributed by atoms with E-state index in [0.717, 1.165) is 16.5 Å².